The number of anilines is 1. The number of carbonyl (C=O) groups is 2. The van der Waals surface area contributed by atoms with Gasteiger partial charge in [-0.1, -0.05) is 11.6 Å². The number of urea groups is 1. The van der Waals surface area contributed by atoms with Gasteiger partial charge in [-0.25, -0.2) is 9.78 Å². The lowest BCUT2D eigenvalue weighted by Crippen LogP contribution is -2.45. The molecule has 0 radical (unpaired) electrons. The molecule has 0 bridgehead atoms. The molecule has 3 saturated heterocycles. The molecule has 2 atom stereocenters. The Morgan fingerprint density at radius 2 is 2.17 bits per heavy atom. The maximum absolute atomic E-state index is 12.8. The van der Waals surface area contributed by atoms with Crippen molar-refractivity contribution in [3.8, 4) is 0 Å². The van der Waals surface area contributed by atoms with E-state index in [1.807, 2.05) is 6.92 Å². The second kappa shape index (κ2) is 5.09. The first-order valence-electron chi connectivity index (χ1n) is 8.03. The fourth-order valence-corrected chi connectivity index (χ4v) is 4.29. The fraction of sp³-hybridized carbons (Fsp3) is 0.562. The summed E-state index contributed by atoms with van der Waals surface area (Å²) in [5, 5.41) is 0.597. The summed E-state index contributed by atoms with van der Waals surface area (Å²) >= 11 is 6.21. The SMILES string of the molecule is C[C@]12CCCN1C(=O)N([C@H]1CCN(c3ncccc3Cl)C1)C2=O. The van der Waals surface area contributed by atoms with Gasteiger partial charge < -0.3 is 9.80 Å². The zero-order chi connectivity index (χ0) is 16.2. The minimum absolute atomic E-state index is 0.0426. The van der Waals surface area contributed by atoms with Crippen molar-refractivity contribution in [2.75, 3.05) is 24.5 Å². The van der Waals surface area contributed by atoms with Gasteiger partial charge in [0.2, 0.25) is 0 Å². The Balaban J connectivity index is 1.56. The molecular formula is C16H19ClN4O2. The van der Waals surface area contributed by atoms with Gasteiger partial charge in [-0.3, -0.25) is 9.69 Å². The smallest absolute Gasteiger partial charge is 0.327 e. The number of amides is 3. The Hall–Kier alpha value is -1.82. The number of hydrogen-bond donors (Lipinski definition) is 0. The second-order valence-corrected chi connectivity index (χ2v) is 7.09. The second-order valence-electron chi connectivity index (χ2n) is 6.68. The van der Waals surface area contributed by atoms with E-state index in [0.29, 0.717) is 18.1 Å². The van der Waals surface area contributed by atoms with Crippen LogP contribution in [0.4, 0.5) is 10.6 Å². The Morgan fingerprint density at radius 3 is 2.91 bits per heavy atom. The van der Waals surface area contributed by atoms with Gasteiger partial charge in [0.15, 0.2) is 0 Å². The summed E-state index contributed by atoms with van der Waals surface area (Å²) < 4.78 is 0. The summed E-state index contributed by atoms with van der Waals surface area (Å²) in [6.45, 7) is 3.91. The Bertz CT molecular complexity index is 682. The summed E-state index contributed by atoms with van der Waals surface area (Å²) in [5.74, 6) is 0.682. The highest BCUT2D eigenvalue weighted by atomic mass is 35.5. The van der Waals surface area contributed by atoms with Gasteiger partial charge in [0.1, 0.15) is 11.4 Å². The number of imide groups is 1. The van der Waals surface area contributed by atoms with Crippen LogP contribution in [0.3, 0.4) is 0 Å². The molecule has 0 saturated carbocycles. The Labute approximate surface area is 140 Å². The lowest BCUT2D eigenvalue weighted by atomic mass is 9.99. The van der Waals surface area contributed by atoms with E-state index in [4.69, 9.17) is 11.6 Å². The third-order valence-corrected chi connectivity index (χ3v) is 5.62. The predicted octanol–water partition coefficient (Wildman–Crippen LogP) is 2.13. The van der Waals surface area contributed by atoms with Crippen LogP contribution < -0.4 is 4.90 Å². The number of fused-ring (bicyclic) bond motifs is 1. The lowest BCUT2D eigenvalue weighted by Gasteiger charge is -2.24. The van der Waals surface area contributed by atoms with Crippen LogP contribution in [0.2, 0.25) is 5.02 Å². The summed E-state index contributed by atoms with van der Waals surface area (Å²) in [7, 11) is 0. The van der Waals surface area contributed by atoms with E-state index in [9.17, 15) is 9.59 Å². The average molecular weight is 335 g/mol. The van der Waals surface area contributed by atoms with E-state index in [2.05, 4.69) is 9.88 Å². The third-order valence-electron chi connectivity index (χ3n) is 5.32. The molecule has 122 valence electrons. The van der Waals surface area contributed by atoms with E-state index in [1.165, 1.54) is 4.90 Å². The van der Waals surface area contributed by atoms with Gasteiger partial charge in [-0.2, -0.15) is 0 Å². The van der Waals surface area contributed by atoms with Crippen molar-refractivity contribution in [3.63, 3.8) is 0 Å². The van der Waals surface area contributed by atoms with Crippen LogP contribution >= 0.6 is 11.6 Å². The van der Waals surface area contributed by atoms with Crippen LogP contribution in [0.15, 0.2) is 18.3 Å². The number of aromatic nitrogens is 1. The molecule has 4 heterocycles. The van der Waals surface area contributed by atoms with Crippen molar-refractivity contribution < 1.29 is 9.59 Å². The molecule has 0 aromatic carbocycles. The zero-order valence-electron chi connectivity index (χ0n) is 13.0. The quantitative estimate of drug-likeness (QED) is 0.777. The van der Waals surface area contributed by atoms with Crippen molar-refractivity contribution >= 4 is 29.4 Å². The standard InChI is InChI=1S/C16H19ClN4O2/c1-16-6-3-8-20(16)15(23)21(14(16)22)11-5-9-19(10-11)13-12(17)4-2-7-18-13/h2,4,7,11H,3,5-6,8-10H2,1H3/t11-,16+/m0/s1. The van der Waals surface area contributed by atoms with Crippen molar-refractivity contribution in [2.45, 2.75) is 37.8 Å². The minimum Gasteiger partial charge on any atom is -0.353 e. The van der Waals surface area contributed by atoms with Crippen LogP contribution in [0, 0.1) is 0 Å². The molecule has 3 amide bonds. The molecule has 1 aromatic heterocycles. The summed E-state index contributed by atoms with van der Waals surface area (Å²) in [4.78, 5) is 35.1. The van der Waals surface area contributed by atoms with E-state index >= 15 is 0 Å². The number of pyridine rings is 1. The molecule has 0 N–H and O–H groups in total. The summed E-state index contributed by atoms with van der Waals surface area (Å²) in [6, 6.07) is 3.37. The van der Waals surface area contributed by atoms with Crippen molar-refractivity contribution in [3.05, 3.63) is 23.4 Å². The maximum atomic E-state index is 12.8. The number of carbonyl (C=O) groups excluding carboxylic acids is 2. The first-order valence-corrected chi connectivity index (χ1v) is 8.41. The highest BCUT2D eigenvalue weighted by Gasteiger charge is 2.58. The van der Waals surface area contributed by atoms with Gasteiger partial charge in [-0.15, -0.1) is 0 Å². The van der Waals surface area contributed by atoms with Gasteiger partial charge in [-0.05, 0) is 38.3 Å². The highest BCUT2D eigenvalue weighted by molar-refractivity contribution is 6.32. The van der Waals surface area contributed by atoms with Crippen LogP contribution in [0.5, 0.6) is 0 Å². The third kappa shape index (κ3) is 2.04. The van der Waals surface area contributed by atoms with Crippen LogP contribution in [-0.4, -0.2) is 57.9 Å². The van der Waals surface area contributed by atoms with Crippen molar-refractivity contribution in [1.82, 2.24) is 14.8 Å². The molecule has 0 aliphatic carbocycles. The molecule has 1 aromatic rings. The molecule has 3 aliphatic rings. The van der Waals surface area contributed by atoms with E-state index < -0.39 is 5.54 Å². The topological polar surface area (TPSA) is 56.8 Å². The monoisotopic (exact) mass is 334 g/mol. The normalized spacial score (nSPS) is 30.5. The Kier molecular flexibility index (Phi) is 3.27. The van der Waals surface area contributed by atoms with Crippen LogP contribution in [-0.2, 0) is 4.79 Å². The molecule has 7 heteroatoms. The summed E-state index contributed by atoms with van der Waals surface area (Å²) in [6.07, 6.45) is 4.13. The van der Waals surface area contributed by atoms with Crippen molar-refractivity contribution in [1.29, 1.82) is 0 Å². The molecular weight excluding hydrogens is 316 g/mol. The van der Waals surface area contributed by atoms with Crippen molar-refractivity contribution in [2.24, 2.45) is 0 Å². The first kappa shape index (κ1) is 14.8. The van der Waals surface area contributed by atoms with Crippen LogP contribution in [0.25, 0.3) is 0 Å². The lowest BCUT2D eigenvalue weighted by molar-refractivity contribution is -0.133. The maximum Gasteiger partial charge on any atom is 0.327 e. The predicted molar refractivity (Wildman–Crippen MR) is 86.5 cm³/mol. The summed E-state index contributed by atoms with van der Waals surface area (Å²) in [5.41, 5.74) is -0.632. The van der Waals surface area contributed by atoms with E-state index in [1.54, 1.807) is 23.2 Å². The van der Waals surface area contributed by atoms with Crippen LogP contribution in [0.1, 0.15) is 26.2 Å². The molecule has 0 unspecified atom stereocenters. The molecule has 3 fully saturated rings. The minimum atomic E-state index is -0.632. The van der Waals surface area contributed by atoms with Gasteiger partial charge in [0, 0.05) is 25.8 Å². The number of halogens is 1. The highest BCUT2D eigenvalue weighted by Crippen LogP contribution is 2.39. The average Bonchev–Trinajstić information content (AvgIpc) is 3.19. The van der Waals surface area contributed by atoms with Gasteiger partial charge in [0.25, 0.3) is 5.91 Å². The zero-order valence-corrected chi connectivity index (χ0v) is 13.8. The van der Waals surface area contributed by atoms with Gasteiger partial charge in [0.05, 0.1) is 11.1 Å². The molecule has 0 spiro atoms. The van der Waals surface area contributed by atoms with E-state index in [-0.39, 0.29) is 18.0 Å². The van der Waals surface area contributed by atoms with Gasteiger partial charge >= 0.3 is 6.03 Å². The van der Waals surface area contributed by atoms with E-state index in [0.717, 1.165) is 31.6 Å². The largest absolute Gasteiger partial charge is 0.353 e. The number of hydrogen-bond acceptors (Lipinski definition) is 4. The molecule has 4 rings (SSSR count). The molecule has 23 heavy (non-hydrogen) atoms. The molecule has 3 aliphatic heterocycles. The number of nitrogens with zero attached hydrogens (tertiary/aromatic N) is 4. The number of rotatable bonds is 2. The Morgan fingerprint density at radius 1 is 1.35 bits per heavy atom. The fourth-order valence-electron chi connectivity index (χ4n) is 4.05. The molecule has 6 nitrogen and oxygen atoms in total. The first-order chi connectivity index (χ1) is 11.0.